The number of pyridine rings is 1. The lowest BCUT2D eigenvalue weighted by molar-refractivity contribution is -0.140. The highest BCUT2D eigenvalue weighted by Gasteiger charge is 2.40. The Labute approximate surface area is 222 Å². The molecule has 2 amide bonds. The number of thiazole rings is 1. The maximum absolute atomic E-state index is 14.1. The third-order valence-electron chi connectivity index (χ3n) is 7.76. The van der Waals surface area contributed by atoms with Crippen LogP contribution in [0.1, 0.15) is 43.7 Å². The van der Waals surface area contributed by atoms with Crippen molar-refractivity contribution in [2.45, 2.75) is 50.7 Å². The summed E-state index contributed by atoms with van der Waals surface area (Å²) >= 11 is 1.65. The van der Waals surface area contributed by atoms with E-state index < -0.39 is 6.04 Å². The lowest BCUT2D eigenvalue weighted by Crippen LogP contribution is -2.56. The minimum Gasteiger partial charge on any atom is -0.343 e. The van der Waals surface area contributed by atoms with Crippen molar-refractivity contribution < 1.29 is 9.59 Å². The van der Waals surface area contributed by atoms with Gasteiger partial charge in [-0.1, -0.05) is 30.3 Å². The zero-order valence-corrected chi connectivity index (χ0v) is 22.6. The van der Waals surface area contributed by atoms with Gasteiger partial charge in [0.1, 0.15) is 16.6 Å². The van der Waals surface area contributed by atoms with Gasteiger partial charge in [0.2, 0.25) is 11.8 Å². The minimum absolute atomic E-state index is 0.0226. The second-order valence-corrected chi connectivity index (χ2v) is 11.4. The molecule has 9 heteroatoms. The molecule has 0 bridgehead atoms. The molecule has 2 fully saturated rings. The Kier molecular flexibility index (Phi) is 7.83. The summed E-state index contributed by atoms with van der Waals surface area (Å²) in [7, 11) is 3.77. The number of carbonyl (C=O) groups is 2. The average molecular weight is 521 g/mol. The number of rotatable bonds is 7. The van der Waals surface area contributed by atoms with Crippen LogP contribution in [0.4, 0.5) is 0 Å². The maximum Gasteiger partial charge on any atom is 0.246 e. The molecule has 5 rings (SSSR count). The van der Waals surface area contributed by atoms with Crippen LogP contribution in [0.2, 0.25) is 0 Å². The molecule has 2 saturated heterocycles. The molecule has 0 radical (unpaired) electrons. The van der Waals surface area contributed by atoms with Crippen molar-refractivity contribution in [1.29, 1.82) is 0 Å². The summed E-state index contributed by atoms with van der Waals surface area (Å²) in [5.41, 5.74) is 2.79. The number of nitrogens with zero attached hydrogens (tertiary/aromatic N) is 4. The average Bonchev–Trinajstić information content (AvgIpc) is 3.59. The second-order valence-electron chi connectivity index (χ2n) is 10.3. The number of likely N-dealkylation sites (tertiary alicyclic amines) is 1. The monoisotopic (exact) mass is 520 g/mol. The molecule has 3 aromatic rings. The van der Waals surface area contributed by atoms with Gasteiger partial charge < -0.3 is 15.5 Å². The van der Waals surface area contributed by atoms with Crippen LogP contribution in [-0.2, 0) is 9.59 Å². The van der Waals surface area contributed by atoms with Gasteiger partial charge >= 0.3 is 0 Å². The zero-order valence-electron chi connectivity index (χ0n) is 21.8. The predicted molar refractivity (Wildman–Crippen MR) is 147 cm³/mol. The quantitative estimate of drug-likeness (QED) is 0.496. The first-order valence-electron chi connectivity index (χ1n) is 13.2. The number of amides is 2. The topological polar surface area (TPSA) is 90.5 Å². The van der Waals surface area contributed by atoms with E-state index >= 15 is 0 Å². The third kappa shape index (κ3) is 5.39. The zero-order chi connectivity index (χ0) is 25.9. The molecule has 0 unspecified atom stereocenters. The predicted octanol–water partition coefficient (Wildman–Crippen LogP) is 3.46. The van der Waals surface area contributed by atoms with Gasteiger partial charge in [0.15, 0.2) is 0 Å². The summed E-state index contributed by atoms with van der Waals surface area (Å²) in [5.74, 6) is 0.0446. The van der Waals surface area contributed by atoms with Gasteiger partial charge in [-0.2, -0.15) is 0 Å². The Hall–Kier alpha value is -2.88. The van der Waals surface area contributed by atoms with Crippen LogP contribution in [0.3, 0.4) is 0 Å². The largest absolute Gasteiger partial charge is 0.343 e. The number of nitrogens with one attached hydrogen (secondary N) is 2. The number of piperidine rings is 1. The number of aromatic nitrogens is 2. The molecule has 8 nitrogen and oxygen atoms in total. The Bertz CT molecular complexity index is 1240. The maximum atomic E-state index is 14.1. The molecule has 3 atom stereocenters. The first kappa shape index (κ1) is 25.8. The van der Waals surface area contributed by atoms with Crippen molar-refractivity contribution in [2.24, 2.45) is 5.92 Å². The molecule has 196 valence electrons. The third-order valence-corrected chi connectivity index (χ3v) is 8.89. The van der Waals surface area contributed by atoms with Gasteiger partial charge in [-0.05, 0) is 71.8 Å². The number of hydrogen-bond donors (Lipinski definition) is 2. The van der Waals surface area contributed by atoms with E-state index in [0.717, 1.165) is 65.3 Å². The summed E-state index contributed by atoms with van der Waals surface area (Å²) in [4.78, 5) is 40.7. The molecule has 2 aromatic heterocycles. The number of fused-ring (bicyclic) bond motifs is 1. The van der Waals surface area contributed by atoms with Crippen molar-refractivity contribution in [2.75, 3.05) is 33.7 Å². The van der Waals surface area contributed by atoms with Crippen LogP contribution >= 0.6 is 11.3 Å². The molecule has 0 saturated carbocycles. The van der Waals surface area contributed by atoms with E-state index in [1.165, 1.54) is 0 Å². The fourth-order valence-electron chi connectivity index (χ4n) is 5.36. The standard InChI is InChI=1S/C28H36N6O2S/c1-18(33(2)3)26(35)31-24(20-11-14-29-15-12-20)28(36)34-17-7-10-21(34)27-32-25-22(37-27)13-16-30-23(25)19-8-5-4-6-9-19/h4-6,8-9,13,16,18,20-21,24,29H,7,10-12,14-15,17H2,1-3H3,(H,31,35)/t18-,21-,24-/m0/s1. The van der Waals surface area contributed by atoms with Crippen molar-refractivity contribution in [1.82, 2.24) is 30.4 Å². The lowest BCUT2D eigenvalue weighted by Gasteiger charge is -2.35. The number of hydrogen-bond acceptors (Lipinski definition) is 7. The van der Waals surface area contributed by atoms with Crippen LogP contribution in [-0.4, -0.2) is 77.4 Å². The van der Waals surface area contributed by atoms with Crippen molar-refractivity contribution in [3.63, 3.8) is 0 Å². The number of benzene rings is 1. The van der Waals surface area contributed by atoms with Crippen LogP contribution in [0.5, 0.6) is 0 Å². The molecule has 2 N–H and O–H groups in total. The molecular formula is C28H36N6O2S. The molecule has 2 aliphatic heterocycles. The lowest BCUT2D eigenvalue weighted by atomic mass is 9.89. The minimum atomic E-state index is -0.520. The molecule has 0 spiro atoms. The van der Waals surface area contributed by atoms with Gasteiger partial charge in [-0.3, -0.25) is 19.5 Å². The van der Waals surface area contributed by atoms with E-state index in [2.05, 4.69) is 15.6 Å². The highest BCUT2D eigenvalue weighted by atomic mass is 32.1. The molecule has 4 heterocycles. The Balaban J connectivity index is 1.43. The highest BCUT2D eigenvalue weighted by molar-refractivity contribution is 7.18. The van der Waals surface area contributed by atoms with Crippen LogP contribution in [0.25, 0.3) is 21.5 Å². The van der Waals surface area contributed by atoms with Crippen molar-refractivity contribution in [3.8, 4) is 11.3 Å². The molecule has 2 aliphatic rings. The first-order valence-corrected chi connectivity index (χ1v) is 14.0. The van der Waals surface area contributed by atoms with E-state index in [0.29, 0.717) is 6.54 Å². The Morgan fingerprint density at radius 1 is 1.14 bits per heavy atom. The SMILES string of the molecule is C[C@@H](C(=O)N[C@H](C(=O)N1CCC[C@H]1c1nc2c(-c3ccccc3)nccc2s1)C1CCNCC1)N(C)C. The summed E-state index contributed by atoms with van der Waals surface area (Å²) < 4.78 is 1.08. The summed E-state index contributed by atoms with van der Waals surface area (Å²) in [6.07, 6.45) is 5.38. The van der Waals surface area contributed by atoms with Gasteiger partial charge in [0.25, 0.3) is 0 Å². The smallest absolute Gasteiger partial charge is 0.246 e. The van der Waals surface area contributed by atoms with E-state index in [9.17, 15) is 9.59 Å². The fourth-order valence-corrected chi connectivity index (χ4v) is 6.47. The van der Waals surface area contributed by atoms with Gasteiger partial charge in [-0.15, -0.1) is 11.3 Å². The normalized spacial score (nSPS) is 20.3. The van der Waals surface area contributed by atoms with E-state index in [1.54, 1.807) is 11.3 Å². The molecule has 37 heavy (non-hydrogen) atoms. The Morgan fingerprint density at radius 3 is 2.62 bits per heavy atom. The highest BCUT2D eigenvalue weighted by Crippen LogP contribution is 2.39. The second kappa shape index (κ2) is 11.2. The molecular weight excluding hydrogens is 484 g/mol. The van der Waals surface area contributed by atoms with E-state index in [4.69, 9.17) is 4.98 Å². The van der Waals surface area contributed by atoms with Gasteiger partial charge in [-0.25, -0.2) is 4.98 Å². The summed E-state index contributed by atoms with van der Waals surface area (Å²) in [6.45, 7) is 4.29. The van der Waals surface area contributed by atoms with Crippen LogP contribution in [0.15, 0.2) is 42.6 Å². The number of carbonyl (C=O) groups excluding carboxylic acids is 2. The van der Waals surface area contributed by atoms with Gasteiger partial charge in [0, 0.05) is 18.3 Å². The van der Waals surface area contributed by atoms with Crippen LogP contribution < -0.4 is 10.6 Å². The van der Waals surface area contributed by atoms with Crippen molar-refractivity contribution in [3.05, 3.63) is 47.6 Å². The van der Waals surface area contributed by atoms with Crippen LogP contribution in [0, 0.1) is 5.92 Å². The van der Waals surface area contributed by atoms with Gasteiger partial charge in [0.05, 0.1) is 22.5 Å². The molecule has 0 aliphatic carbocycles. The Morgan fingerprint density at radius 2 is 1.89 bits per heavy atom. The number of likely N-dealkylation sites (N-methyl/N-ethyl adjacent to an activating group) is 1. The fraction of sp³-hybridized carbons (Fsp3) is 0.500. The summed E-state index contributed by atoms with van der Waals surface area (Å²) in [6, 6.07) is 11.2. The summed E-state index contributed by atoms with van der Waals surface area (Å²) in [5, 5.41) is 7.47. The van der Waals surface area contributed by atoms with Crippen molar-refractivity contribution >= 4 is 33.4 Å². The van der Waals surface area contributed by atoms with E-state index in [1.807, 2.05) is 73.4 Å². The first-order chi connectivity index (χ1) is 17.9. The molecule has 1 aromatic carbocycles. The van der Waals surface area contributed by atoms with E-state index in [-0.39, 0.29) is 29.8 Å².